The third-order valence-electron chi connectivity index (χ3n) is 4.14. The van der Waals surface area contributed by atoms with E-state index in [1.54, 1.807) is 0 Å². The smallest absolute Gasteiger partial charge is 0.0422 e. The van der Waals surface area contributed by atoms with Crippen molar-refractivity contribution in [1.29, 1.82) is 0 Å². The van der Waals surface area contributed by atoms with Crippen LogP contribution < -0.4 is 11.1 Å². The Morgan fingerprint density at radius 1 is 0.800 bits per heavy atom. The lowest BCUT2D eigenvalue weighted by atomic mass is 9.91. The summed E-state index contributed by atoms with van der Waals surface area (Å²) in [6.45, 7) is 0. The van der Waals surface area contributed by atoms with Gasteiger partial charge in [-0.15, -0.1) is 0 Å². The summed E-state index contributed by atoms with van der Waals surface area (Å²) in [4.78, 5) is 0. The molecule has 0 aliphatic heterocycles. The summed E-state index contributed by atoms with van der Waals surface area (Å²) < 4.78 is 0. The maximum Gasteiger partial charge on any atom is 0.0422 e. The number of hydrogen-bond acceptors (Lipinski definition) is 2. The minimum atomic E-state index is 0.400. The molecule has 0 aromatic heterocycles. The molecule has 0 radical (unpaired) electrons. The van der Waals surface area contributed by atoms with E-state index in [2.05, 4.69) is 59.9 Å². The van der Waals surface area contributed by atoms with Gasteiger partial charge in [-0.3, -0.25) is 0 Å². The summed E-state index contributed by atoms with van der Waals surface area (Å²) in [6, 6.07) is 20.1. The number of para-hydroxylation sites is 1. The zero-order valence-corrected chi connectivity index (χ0v) is 11.8. The van der Waals surface area contributed by atoms with Gasteiger partial charge in [-0.1, -0.05) is 48.5 Å². The highest BCUT2D eigenvalue weighted by molar-refractivity contribution is 5.77. The first kappa shape index (κ1) is 13.2. The molecule has 1 aliphatic carbocycles. The maximum atomic E-state index is 5.98. The van der Waals surface area contributed by atoms with Gasteiger partial charge in [-0.05, 0) is 37.3 Å². The van der Waals surface area contributed by atoms with E-state index in [9.17, 15) is 0 Å². The monoisotopic (exact) mass is 266 g/mol. The molecular formula is C18H22N2. The lowest BCUT2D eigenvalue weighted by Crippen LogP contribution is -2.32. The standard InChI is InChI=1S/C18H22N2/c19-15-10-12-16(13-11-15)20-18-9-5-4-8-17(18)14-6-2-1-3-7-14/h1-9,15-16,20H,10-13,19H2. The van der Waals surface area contributed by atoms with Crippen molar-refractivity contribution < 1.29 is 0 Å². The molecule has 0 amide bonds. The second-order valence-electron chi connectivity index (χ2n) is 5.67. The average molecular weight is 266 g/mol. The first-order chi connectivity index (χ1) is 9.83. The normalized spacial score (nSPS) is 22.4. The molecule has 104 valence electrons. The van der Waals surface area contributed by atoms with Crippen molar-refractivity contribution in [2.75, 3.05) is 5.32 Å². The van der Waals surface area contributed by atoms with Gasteiger partial charge in [0.25, 0.3) is 0 Å². The number of rotatable bonds is 3. The Morgan fingerprint density at radius 3 is 2.20 bits per heavy atom. The number of benzene rings is 2. The molecule has 3 rings (SSSR count). The lowest BCUT2D eigenvalue weighted by molar-refractivity contribution is 0.411. The van der Waals surface area contributed by atoms with Crippen LogP contribution in [0.15, 0.2) is 54.6 Å². The topological polar surface area (TPSA) is 38.0 Å². The van der Waals surface area contributed by atoms with E-state index in [4.69, 9.17) is 5.73 Å². The Hall–Kier alpha value is -1.80. The summed E-state index contributed by atoms with van der Waals surface area (Å²) >= 11 is 0. The Bertz CT molecular complexity index is 542. The molecule has 3 N–H and O–H groups in total. The quantitative estimate of drug-likeness (QED) is 0.880. The van der Waals surface area contributed by atoms with Crippen LogP contribution >= 0.6 is 0 Å². The maximum absolute atomic E-state index is 5.98. The van der Waals surface area contributed by atoms with Crippen molar-refractivity contribution in [3.63, 3.8) is 0 Å². The molecule has 1 fully saturated rings. The van der Waals surface area contributed by atoms with Crippen LogP contribution in [0.5, 0.6) is 0 Å². The van der Waals surface area contributed by atoms with Crippen LogP contribution in [-0.2, 0) is 0 Å². The van der Waals surface area contributed by atoms with Crippen LogP contribution in [0.4, 0.5) is 5.69 Å². The lowest BCUT2D eigenvalue weighted by Gasteiger charge is -2.28. The highest BCUT2D eigenvalue weighted by Crippen LogP contribution is 2.30. The first-order valence-corrected chi connectivity index (χ1v) is 7.49. The summed E-state index contributed by atoms with van der Waals surface area (Å²) in [5.41, 5.74) is 9.77. The van der Waals surface area contributed by atoms with Crippen molar-refractivity contribution in [1.82, 2.24) is 0 Å². The van der Waals surface area contributed by atoms with Gasteiger partial charge in [0, 0.05) is 23.3 Å². The third-order valence-corrected chi connectivity index (χ3v) is 4.14. The Morgan fingerprint density at radius 2 is 1.45 bits per heavy atom. The number of hydrogen-bond donors (Lipinski definition) is 2. The molecule has 20 heavy (non-hydrogen) atoms. The van der Waals surface area contributed by atoms with Crippen molar-refractivity contribution in [3.05, 3.63) is 54.6 Å². The molecule has 0 bridgehead atoms. The third kappa shape index (κ3) is 3.02. The molecule has 0 spiro atoms. The minimum Gasteiger partial charge on any atom is -0.382 e. The van der Waals surface area contributed by atoms with Crippen LogP contribution in [0.25, 0.3) is 11.1 Å². The van der Waals surface area contributed by atoms with E-state index in [1.807, 2.05) is 0 Å². The second-order valence-corrected chi connectivity index (χ2v) is 5.67. The van der Waals surface area contributed by atoms with E-state index < -0.39 is 0 Å². The van der Waals surface area contributed by atoms with Gasteiger partial charge < -0.3 is 11.1 Å². The molecular weight excluding hydrogens is 244 g/mol. The van der Waals surface area contributed by atoms with Gasteiger partial charge in [0.05, 0.1) is 0 Å². The second kappa shape index (κ2) is 6.10. The van der Waals surface area contributed by atoms with E-state index >= 15 is 0 Å². The molecule has 2 aromatic carbocycles. The molecule has 0 heterocycles. The van der Waals surface area contributed by atoms with Gasteiger partial charge in [0.1, 0.15) is 0 Å². The molecule has 1 saturated carbocycles. The number of nitrogens with one attached hydrogen (secondary N) is 1. The van der Waals surface area contributed by atoms with E-state index in [1.165, 1.54) is 29.7 Å². The van der Waals surface area contributed by atoms with Gasteiger partial charge in [-0.25, -0.2) is 0 Å². The summed E-state index contributed by atoms with van der Waals surface area (Å²) in [5, 5.41) is 3.71. The van der Waals surface area contributed by atoms with Crippen molar-refractivity contribution >= 4 is 5.69 Å². The summed E-state index contributed by atoms with van der Waals surface area (Å²) in [6.07, 6.45) is 4.60. The van der Waals surface area contributed by atoms with Crippen LogP contribution in [0.3, 0.4) is 0 Å². The van der Waals surface area contributed by atoms with Crippen LogP contribution in [-0.4, -0.2) is 12.1 Å². The van der Waals surface area contributed by atoms with Gasteiger partial charge in [0.2, 0.25) is 0 Å². The molecule has 0 saturated heterocycles. The largest absolute Gasteiger partial charge is 0.382 e. The molecule has 2 heteroatoms. The Kier molecular flexibility index (Phi) is 4.03. The van der Waals surface area contributed by atoms with E-state index in [0.717, 1.165) is 12.8 Å². The van der Waals surface area contributed by atoms with Gasteiger partial charge in [-0.2, -0.15) is 0 Å². The highest BCUT2D eigenvalue weighted by atomic mass is 14.9. The van der Waals surface area contributed by atoms with E-state index in [0.29, 0.717) is 12.1 Å². The number of anilines is 1. The minimum absolute atomic E-state index is 0.400. The Labute approximate surface area is 121 Å². The molecule has 0 unspecified atom stereocenters. The summed E-state index contributed by atoms with van der Waals surface area (Å²) in [5.74, 6) is 0. The van der Waals surface area contributed by atoms with Crippen LogP contribution in [0, 0.1) is 0 Å². The fourth-order valence-corrected chi connectivity index (χ4v) is 2.96. The highest BCUT2D eigenvalue weighted by Gasteiger charge is 2.19. The van der Waals surface area contributed by atoms with Crippen molar-refractivity contribution in [2.24, 2.45) is 5.73 Å². The SMILES string of the molecule is NC1CCC(Nc2ccccc2-c2ccccc2)CC1. The zero-order chi connectivity index (χ0) is 13.8. The molecule has 0 atom stereocenters. The van der Waals surface area contributed by atoms with Gasteiger partial charge >= 0.3 is 0 Å². The fraction of sp³-hybridized carbons (Fsp3) is 0.333. The predicted molar refractivity (Wildman–Crippen MR) is 85.7 cm³/mol. The van der Waals surface area contributed by atoms with Crippen LogP contribution in [0.1, 0.15) is 25.7 Å². The average Bonchev–Trinajstić information content (AvgIpc) is 2.51. The van der Waals surface area contributed by atoms with Gasteiger partial charge in [0.15, 0.2) is 0 Å². The first-order valence-electron chi connectivity index (χ1n) is 7.49. The molecule has 2 nitrogen and oxygen atoms in total. The molecule has 1 aliphatic rings. The predicted octanol–water partition coefficient (Wildman–Crippen LogP) is 4.04. The van der Waals surface area contributed by atoms with Crippen molar-refractivity contribution in [3.8, 4) is 11.1 Å². The van der Waals surface area contributed by atoms with Crippen molar-refractivity contribution in [2.45, 2.75) is 37.8 Å². The Balaban J connectivity index is 1.80. The zero-order valence-electron chi connectivity index (χ0n) is 11.8. The van der Waals surface area contributed by atoms with E-state index in [-0.39, 0.29) is 0 Å². The fourth-order valence-electron chi connectivity index (χ4n) is 2.96. The number of nitrogens with two attached hydrogens (primary N) is 1. The van der Waals surface area contributed by atoms with Crippen LogP contribution in [0.2, 0.25) is 0 Å². The summed E-state index contributed by atoms with van der Waals surface area (Å²) in [7, 11) is 0. The molecule has 2 aromatic rings.